The summed E-state index contributed by atoms with van der Waals surface area (Å²) < 4.78 is 0. The molecule has 0 aliphatic rings. The third-order valence-corrected chi connectivity index (χ3v) is 3.33. The highest BCUT2D eigenvalue weighted by molar-refractivity contribution is 6.31. The summed E-state index contributed by atoms with van der Waals surface area (Å²) in [5, 5.41) is 12.3. The molecule has 0 atom stereocenters. The number of hydrogen-bond donors (Lipinski definition) is 0. The van der Waals surface area contributed by atoms with Crippen LogP contribution in [0.25, 0.3) is 22.0 Å². The lowest BCUT2D eigenvalue weighted by molar-refractivity contribution is -0.384. The number of pyridine rings is 1. The standard InChI is InChI=1S/C15H9ClN2O2/c16-11-3-6-14-13(7-8-17-15(14)9-11)10-1-4-12(5-2-10)18(19)20/h1-9H. The molecule has 3 aromatic rings. The number of non-ortho nitro benzene ring substituents is 1. The first-order valence-electron chi connectivity index (χ1n) is 5.94. The Bertz CT molecular complexity index is 801. The van der Waals surface area contributed by atoms with Gasteiger partial charge in [-0.05, 0) is 41.5 Å². The summed E-state index contributed by atoms with van der Waals surface area (Å²) in [6.07, 6.45) is 1.70. The van der Waals surface area contributed by atoms with Gasteiger partial charge >= 0.3 is 0 Å². The van der Waals surface area contributed by atoms with Crippen molar-refractivity contribution < 1.29 is 4.92 Å². The highest BCUT2D eigenvalue weighted by Crippen LogP contribution is 2.29. The minimum atomic E-state index is -0.409. The number of fused-ring (bicyclic) bond motifs is 1. The lowest BCUT2D eigenvalue weighted by atomic mass is 10.0. The minimum absolute atomic E-state index is 0.0788. The molecule has 0 N–H and O–H groups in total. The third-order valence-electron chi connectivity index (χ3n) is 3.09. The number of nitrogens with zero attached hydrogens (tertiary/aromatic N) is 2. The topological polar surface area (TPSA) is 56.0 Å². The molecule has 3 rings (SSSR count). The maximum atomic E-state index is 10.7. The van der Waals surface area contributed by atoms with Crippen LogP contribution in [0.5, 0.6) is 0 Å². The van der Waals surface area contributed by atoms with Gasteiger partial charge in [-0.1, -0.05) is 17.7 Å². The molecular formula is C15H9ClN2O2. The number of aromatic nitrogens is 1. The summed E-state index contributed by atoms with van der Waals surface area (Å²) in [6, 6.07) is 13.9. The molecule has 0 amide bonds. The fourth-order valence-electron chi connectivity index (χ4n) is 2.14. The van der Waals surface area contributed by atoms with Gasteiger partial charge in [0.15, 0.2) is 0 Å². The number of nitro benzene ring substituents is 1. The summed E-state index contributed by atoms with van der Waals surface area (Å²) in [4.78, 5) is 14.6. The molecule has 2 aromatic carbocycles. The Morgan fingerprint density at radius 2 is 1.80 bits per heavy atom. The Morgan fingerprint density at radius 1 is 1.05 bits per heavy atom. The second kappa shape index (κ2) is 4.90. The number of halogens is 1. The van der Waals surface area contributed by atoms with Gasteiger partial charge in [-0.2, -0.15) is 0 Å². The van der Waals surface area contributed by atoms with Crippen LogP contribution in [0.4, 0.5) is 5.69 Å². The first-order chi connectivity index (χ1) is 9.65. The average Bonchev–Trinajstić information content (AvgIpc) is 2.46. The molecule has 1 heterocycles. The zero-order chi connectivity index (χ0) is 14.1. The van der Waals surface area contributed by atoms with Crippen molar-refractivity contribution >= 4 is 28.2 Å². The predicted molar refractivity (Wildman–Crippen MR) is 78.8 cm³/mol. The van der Waals surface area contributed by atoms with E-state index in [-0.39, 0.29) is 5.69 Å². The fourth-order valence-corrected chi connectivity index (χ4v) is 2.30. The molecule has 1 aromatic heterocycles. The van der Waals surface area contributed by atoms with Crippen molar-refractivity contribution in [1.82, 2.24) is 4.98 Å². The SMILES string of the molecule is O=[N+]([O-])c1ccc(-c2ccnc3cc(Cl)ccc23)cc1. The van der Waals surface area contributed by atoms with Crippen LogP contribution in [0.3, 0.4) is 0 Å². The normalized spacial score (nSPS) is 10.7. The van der Waals surface area contributed by atoms with Crippen LogP contribution in [0.1, 0.15) is 0 Å². The van der Waals surface area contributed by atoms with Crippen LogP contribution < -0.4 is 0 Å². The van der Waals surface area contributed by atoms with E-state index in [0.29, 0.717) is 5.02 Å². The van der Waals surface area contributed by atoms with Crippen molar-refractivity contribution in [1.29, 1.82) is 0 Å². The molecule has 0 bridgehead atoms. The highest BCUT2D eigenvalue weighted by Gasteiger charge is 2.08. The summed E-state index contributed by atoms with van der Waals surface area (Å²) in [7, 11) is 0. The van der Waals surface area contributed by atoms with Gasteiger partial charge in [0.1, 0.15) is 0 Å². The maximum absolute atomic E-state index is 10.7. The molecule has 0 aliphatic heterocycles. The fraction of sp³-hybridized carbons (Fsp3) is 0. The van der Waals surface area contributed by atoms with Gasteiger partial charge in [0.2, 0.25) is 0 Å². The van der Waals surface area contributed by atoms with Gasteiger partial charge in [-0.25, -0.2) is 0 Å². The molecule has 98 valence electrons. The largest absolute Gasteiger partial charge is 0.269 e. The van der Waals surface area contributed by atoms with E-state index in [9.17, 15) is 10.1 Å². The van der Waals surface area contributed by atoms with E-state index in [1.807, 2.05) is 12.1 Å². The van der Waals surface area contributed by atoms with Gasteiger partial charge < -0.3 is 0 Å². The van der Waals surface area contributed by atoms with Crippen molar-refractivity contribution in [2.75, 3.05) is 0 Å². The molecular weight excluding hydrogens is 276 g/mol. The second-order valence-electron chi connectivity index (χ2n) is 4.32. The molecule has 0 spiro atoms. The molecule has 0 saturated heterocycles. The Labute approximate surface area is 119 Å². The number of hydrogen-bond acceptors (Lipinski definition) is 3. The summed E-state index contributed by atoms with van der Waals surface area (Å²) in [6.45, 7) is 0. The van der Waals surface area contributed by atoms with Crippen molar-refractivity contribution in [3.63, 3.8) is 0 Å². The van der Waals surface area contributed by atoms with Gasteiger partial charge in [-0.3, -0.25) is 15.1 Å². The van der Waals surface area contributed by atoms with E-state index in [1.54, 1.807) is 30.5 Å². The number of nitro groups is 1. The van der Waals surface area contributed by atoms with Gasteiger partial charge in [0.05, 0.1) is 10.4 Å². The lowest BCUT2D eigenvalue weighted by Gasteiger charge is -2.06. The van der Waals surface area contributed by atoms with Crippen LogP contribution in [0.15, 0.2) is 54.7 Å². The summed E-state index contributed by atoms with van der Waals surface area (Å²) in [5.41, 5.74) is 2.76. The predicted octanol–water partition coefficient (Wildman–Crippen LogP) is 4.46. The molecule has 20 heavy (non-hydrogen) atoms. The monoisotopic (exact) mass is 284 g/mol. The molecule has 4 nitrogen and oxygen atoms in total. The van der Waals surface area contributed by atoms with Crippen LogP contribution >= 0.6 is 11.6 Å². The van der Waals surface area contributed by atoms with Crippen LogP contribution in [0.2, 0.25) is 5.02 Å². The zero-order valence-corrected chi connectivity index (χ0v) is 11.0. The van der Waals surface area contributed by atoms with Crippen molar-refractivity contribution in [3.8, 4) is 11.1 Å². The van der Waals surface area contributed by atoms with Crippen molar-refractivity contribution in [2.45, 2.75) is 0 Å². The minimum Gasteiger partial charge on any atom is -0.258 e. The van der Waals surface area contributed by atoms with E-state index in [2.05, 4.69) is 4.98 Å². The van der Waals surface area contributed by atoms with E-state index in [4.69, 9.17) is 11.6 Å². The Hall–Kier alpha value is -2.46. The maximum Gasteiger partial charge on any atom is 0.269 e. The molecule has 0 unspecified atom stereocenters. The summed E-state index contributed by atoms with van der Waals surface area (Å²) in [5.74, 6) is 0. The van der Waals surface area contributed by atoms with Crippen molar-refractivity contribution in [2.24, 2.45) is 0 Å². The van der Waals surface area contributed by atoms with Crippen LogP contribution in [-0.2, 0) is 0 Å². The van der Waals surface area contributed by atoms with E-state index in [0.717, 1.165) is 22.0 Å². The Kier molecular flexibility index (Phi) is 3.08. The van der Waals surface area contributed by atoms with E-state index in [1.165, 1.54) is 12.1 Å². The number of benzene rings is 2. The average molecular weight is 285 g/mol. The first kappa shape index (κ1) is 12.6. The summed E-state index contributed by atoms with van der Waals surface area (Å²) >= 11 is 5.96. The molecule has 0 saturated carbocycles. The first-order valence-corrected chi connectivity index (χ1v) is 6.32. The molecule has 5 heteroatoms. The molecule has 0 radical (unpaired) electrons. The molecule has 0 fully saturated rings. The molecule has 0 aliphatic carbocycles. The van der Waals surface area contributed by atoms with Crippen LogP contribution in [0, 0.1) is 10.1 Å². The Balaban J connectivity index is 2.16. The lowest BCUT2D eigenvalue weighted by Crippen LogP contribution is -1.88. The Morgan fingerprint density at radius 3 is 2.50 bits per heavy atom. The second-order valence-corrected chi connectivity index (χ2v) is 4.76. The van der Waals surface area contributed by atoms with Crippen molar-refractivity contribution in [3.05, 3.63) is 69.9 Å². The van der Waals surface area contributed by atoms with E-state index < -0.39 is 4.92 Å². The quantitative estimate of drug-likeness (QED) is 0.515. The van der Waals surface area contributed by atoms with Gasteiger partial charge in [0.25, 0.3) is 5.69 Å². The third kappa shape index (κ3) is 2.21. The zero-order valence-electron chi connectivity index (χ0n) is 10.3. The van der Waals surface area contributed by atoms with Crippen LogP contribution in [-0.4, -0.2) is 9.91 Å². The van der Waals surface area contributed by atoms with Gasteiger partial charge in [-0.15, -0.1) is 0 Å². The smallest absolute Gasteiger partial charge is 0.258 e. The van der Waals surface area contributed by atoms with E-state index >= 15 is 0 Å². The van der Waals surface area contributed by atoms with Gasteiger partial charge in [0, 0.05) is 28.7 Å². The highest BCUT2D eigenvalue weighted by atomic mass is 35.5. The number of rotatable bonds is 2.